The van der Waals surface area contributed by atoms with E-state index in [4.69, 9.17) is 22.3 Å². The van der Waals surface area contributed by atoms with Crippen molar-refractivity contribution in [1.29, 1.82) is 0 Å². The third-order valence-corrected chi connectivity index (χ3v) is 7.31. The van der Waals surface area contributed by atoms with Crippen LogP contribution in [0.15, 0.2) is 89.4 Å². The van der Waals surface area contributed by atoms with E-state index in [1.54, 1.807) is 7.05 Å². The van der Waals surface area contributed by atoms with E-state index < -0.39 is 0 Å². The molecule has 38 heavy (non-hydrogen) atoms. The molecule has 1 fully saturated rings. The van der Waals surface area contributed by atoms with Gasteiger partial charge >= 0.3 is 0 Å². The first-order chi connectivity index (χ1) is 18.4. The van der Waals surface area contributed by atoms with Crippen LogP contribution in [0.5, 0.6) is 0 Å². The summed E-state index contributed by atoms with van der Waals surface area (Å²) in [5, 5.41) is 9.95. The number of hydrogen-bond acceptors (Lipinski definition) is 6. The van der Waals surface area contributed by atoms with Crippen molar-refractivity contribution < 1.29 is 0 Å². The minimum atomic E-state index is 0.485. The monoisotopic (exact) mass is 528 g/mol. The molecule has 7 heteroatoms. The van der Waals surface area contributed by atoms with Gasteiger partial charge in [-0.15, -0.1) is 0 Å². The predicted molar refractivity (Wildman–Crippen MR) is 160 cm³/mol. The molecule has 4 rings (SSSR count). The number of benzene rings is 2. The first-order valence-corrected chi connectivity index (χ1v) is 13.6. The van der Waals surface area contributed by atoms with Crippen molar-refractivity contribution >= 4 is 28.2 Å². The van der Waals surface area contributed by atoms with Crippen LogP contribution < -0.4 is 5.73 Å². The van der Waals surface area contributed by atoms with Crippen LogP contribution in [0.3, 0.4) is 0 Å². The molecular weight excluding hydrogens is 492 g/mol. The molecule has 0 bridgehead atoms. The molecular formula is C31H37ClN6. The summed E-state index contributed by atoms with van der Waals surface area (Å²) in [5.41, 5.74) is 13.4. The quantitative estimate of drug-likeness (QED) is 0.170. The number of nitrogens with two attached hydrogens (primary N) is 1. The van der Waals surface area contributed by atoms with E-state index in [2.05, 4.69) is 64.4 Å². The Kier molecular flexibility index (Phi) is 9.32. The van der Waals surface area contributed by atoms with Crippen LogP contribution in [0, 0.1) is 0 Å². The average Bonchev–Trinajstić information content (AvgIpc) is 2.95. The van der Waals surface area contributed by atoms with Crippen molar-refractivity contribution in [3.05, 3.63) is 95.3 Å². The molecule has 2 aromatic carbocycles. The number of allylic oxidation sites excluding steroid dienone is 1. The van der Waals surface area contributed by atoms with E-state index in [1.165, 1.54) is 0 Å². The number of aromatic nitrogens is 1. The summed E-state index contributed by atoms with van der Waals surface area (Å²) < 4.78 is 0. The van der Waals surface area contributed by atoms with Crippen LogP contribution in [-0.4, -0.2) is 48.0 Å². The van der Waals surface area contributed by atoms with Crippen molar-refractivity contribution in [2.45, 2.75) is 32.7 Å². The van der Waals surface area contributed by atoms with E-state index in [1.807, 2.05) is 30.3 Å². The summed E-state index contributed by atoms with van der Waals surface area (Å²) in [7, 11) is 1.70. The van der Waals surface area contributed by atoms with Crippen LogP contribution in [0.2, 0.25) is 5.02 Å². The summed E-state index contributed by atoms with van der Waals surface area (Å²) in [4.78, 5) is 9.56. The minimum Gasteiger partial charge on any atom is -0.368 e. The molecule has 1 aliphatic heterocycles. The highest BCUT2D eigenvalue weighted by Crippen LogP contribution is 2.31. The molecule has 1 aromatic heterocycles. The largest absolute Gasteiger partial charge is 0.368 e. The Bertz CT molecular complexity index is 1370. The normalized spacial score (nSPS) is 14.5. The third-order valence-electron chi connectivity index (χ3n) is 6.99. The van der Waals surface area contributed by atoms with Crippen molar-refractivity contribution in [1.82, 2.24) is 14.8 Å². The van der Waals surface area contributed by atoms with Crippen LogP contribution in [-0.2, 0) is 6.54 Å². The topological polar surface area (TPSA) is 70.1 Å². The van der Waals surface area contributed by atoms with Gasteiger partial charge < -0.3 is 15.5 Å². The van der Waals surface area contributed by atoms with E-state index >= 15 is 0 Å². The average molecular weight is 529 g/mol. The number of unbranched alkanes of at least 4 members (excludes halogenated alkanes) is 2. The van der Waals surface area contributed by atoms with E-state index in [9.17, 15) is 0 Å². The van der Waals surface area contributed by atoms with Crippen molar-refractivity contribution in [3.63, 3.8) is 0 Å². The van der Waals surface area contributed by atoms with Gasteiger partial charge in [0.1, 0.15) is 5.70 Å². The fourth-order valence-corrected chi connectivity index (χ4v) is 4.99. The van der Waals surface area contributed by atoms with E-state index in [-0.39, 0.29) is 0 Å². The standard InChI is InChI=1S/C31H37ClN6/c1-5-6-7-11-29(36-34-4)23(3)38-16-14-37(15-17-38)22(2)25-12-13-27-28(32)20-30(35-31(27)19-25)26-10-8-9-24(18-26)21-33/h8-13,18-20H,2-3,5-7,14-17,21,33H2,1,4H3/b29-11-,36-34?. The van der Waals surface area contributed by atoms with Gasteiger partial charge in [-0.05, 0) is 42.2 Å². The lowest BCUT2D eigenvalue weighted by Crippen LogP contribution is -2.44. The fraction of sp³-hybridized carbons (Fsp3) is 0.323. The van der Waals surface area contributed by atoms with Crippen molar-refractivity contribution in [2.75, 3.05) is 33.2 Å². The summed E-state index contributed by atoms with van der Waals surface area (Å²) in [6.07, 6.45) is 5.43. The Morgan fingerprint density at radius 3 is 2.55 bits per heavy atom. The number of nitrogens with zero attached hydrogens (tertiary/aromatic N) is 5. The van der Waals surface area contributed by atoms with Gasteiger partial charge in [0.05, 0.1) is 21.9 Å². The maximum absolute atomic E-state index is 6.67. The second kappa shape index (κ2) is 12.9. The maximum Gasteiger partial charge on any atom is 0.104 e. The molecule has 3 aromatic rings. The summed E-state index contributed by atoms with van der Waals surface area (Å²) >= 11 is 6.67. The molecule has 2 heterocycles. The molecule has 0 amide bonds. The molecule has 0 radical (unpaired) electrons. The van der Waals surface area contributed by atoms with Crippen molar-refractivity contribution in [2.24, 2.45) is 16.0 Å². The second-order valence-electron chi connectivity index (χ2n) is 9.52. The van der Waals surface area contributed by atoms with Gasteiger partial charge in [0.2, 0.25) is 0 Å². The third kappa shape index (κ3) is 6.32. The van der Waals surface area contributed by atoms with E-state index in [0.717, 1.165) is 95.8 Å². The Labute approximate surface area is 231 Å². The number of azo groups is 1. The second-order valence-corrected chi connectivity index (χ2v) is 9.93. The number of halogens is 1. The van der Waals surface area contributed by atoms with E-state index in [0.29, 0.717) is 11.6 Å². The Hall–Kier alpha value is -3.48. The zero-order chi connectivity index (χ0) is 27.1. The molecule has 0 unspecified atom stereocenters. The zero-order valence-electron chi connectivity index (χ0n) is 22.5. The zero-order valence-corrected chi connectivity index (χ0v) is 23.2. The van der Waals surface area contributed by atoms with Gasteiger partial charge in [-0.3, -0.25) is 0 Å². The lowest BCUT2D eigenvalue weighted by molar-refractivity contribution is 0.217. The molecule has 1 aliphatic rings. The highest BCUT2D eigenvalue weighted by Gasteiger charge is 2.21. The molecule has 0 aliphatic carbocycles. The van der Waals surface area contributed by atoms with Gasteiger partial charge in [0.15, 0.2) is 0 Å². The number of fused-ring (bicyclic) bond motifs is 1. The maximum atomic E-state index is 6.67. The summed E-state index contributed by atoms with van der Waals surface area (Å²) in [6.45, 7) is 14.8. The predicted octanol–water partition coefficient (Wildman–Crippen LogP) is 7.27. The molecule has 0 saturated carbocycles. The van der Waals surface area contributed by atoms with Crippen LogP contribution >= 0.6 is 11.6 Å². The fourth-order valence-electron chi connectivity index (χ4n) is 4.73. The Morgan fingerprint density at radius 1 is 1.08 bits per heavy atom. The smallest absolute Gasteiger partial charge is 0.104 e. The molecule has 6 nitrogen and oxygen atoms in total. The lowest BCUT2D eigenvalue weighted by atomic mass is 10.0. The molecule has 0 spiro atoms. The highest BCUT2D eigenvalue weighted by atomic mass is 35.5. The Balaban J connectivity index is 1.49. The molecule has 2 N–H and O–H groups in total. The highest BCUT2D eigenvalue weighted by molar-refractivity contribution is 6.35. The number of piperazine rings is 1. The first kappa shape index (κ1) is 27.6. The molecule has 198 valence electrons. The van der Waals surface area contributed by atoms with Crippen LogP contribution in [0.25, 0.3) is 27.9 Å². The van der Waals surface area contributed by atoms with Gasteiger partial charge in [-0.25, -0.2) is 4.98 Å². The lowest BCUT2D eigenvalue weighted by Gasteiger charge is -2.39. The SMILES string of the molecule is C=C(/C(=C/CCCC)N=NC)N1CCN(C(=C)c2ccc3c(Cl)cc(-c4cccc(CN)c4)nc3c2)CC1. The number of hydrogen-bond donors (Lipinski definition) is 1. The summed E-state index contributed by atoms with van der Waals surface area (Å²) in [6, 6.07) is 16.2. The van der Waals surface area contributed by atoms with Gasteiger partial charge in [0, 0.05) is 56.4 Å². The van der Waals surface area contributed by atoms with Gasteiger partial charge in [-0.2, -0.15) is 10.2 Å². The van der Waals surface area contributed by atoms with Crippen molar-refractivity contribution in [3.8, 4) is 11.3 Å². The first-order valence-electron chi connectivity index (χ1n) is 13.2. The van der Waals surface area contributed by atoms with Crippen LogP contribution in [0.4, 0.5) is 0 Å². The minimum absolute atomic E-state index is 0.485. The number of pyridine rings is 1. The number of rotatable bonds is 10. The van der Waals surface area contributed by atoms with Gasteiger partial charge in [-0.1, -0.05) is 74.5 Å². The van der Waals surface area contributed by atoms with Gasteiger partial charge in [0.25, 0.3) is 0 Å². The summed E-state index contributed by atoms with van der Waals surface area (Å²) in [5.74, 6) is 0. The van der Waals surface area contributed by atoms with Crippen LogP contribution in [0.1, 0.15) is 37.3 Å². The molecule has 0 atom stereocenters. The molecule has 1 saturated heterocycles. The Morgan fingerprint density at radius 2 is 1.84 bits per heavy atom.